The van der Waals surface area contributed by atoms with Crippen LogP contribution in [0.2, 0.25) is 0 Å². The van der Waals surface area contributed by atoms with Crippen LogP contribution in [0.15, 0.2) is 35.1 Å². The average Bonchev–Trinajstić information content (AvgIpc) is 2.84. The summed E-state index contributed by atoms with van der Waals surface area (Å²) in [5.74, 6) is 2.58. The van der Waals surface area contributed by atoms with E-state index in [0.717, 1.165) is 31.7 Å². The molecule has 4 unspecified atom stereocenters. The number of nitrogens with zero attached hydrogens (tertiary/aromatic N) is 3. The SMILES string of the molecule is C=C/C=C\N=C(C)C(C)CC.CCCC(CC(C)CC)C1=NOCC(CN2CCCCC2)O1. The van der Waals surface area contributed by atoms with Crippen molar-refractivity contribution in [2.45, 2.75) is 99.0 Å². The Balaban J connectivity index is 0.000000420. The minimum absolute atomic E-state index is 0.155. The van der Waals surface area contributed by atoms with Gasteiger partial charge in [-0.15, -0.1) is 0 Å². The highest BCUT2D eigenvalue weighted by Gasteiger charge is 2.28. The van der Waals surface area contributed by atoms with Gasteiger partial charge >= 0.3 is 0 Å². The number of rotatable bonds is 12. The van der Waals surface area contributed by atoms with Crippen LogP contribution >= 0.6 is 0 Å². The molecule has 0 aliphatic carbocycles. The third-order valence-corrected chi connectivity index (χ3v) is 6.81. The van der Waals surface area contributed by atoms with Crippen molar-refractivity contribution in [3.05, 3.63) is 24.9 Å². The van der Waals surface area contributed by atoms with E-state index >= 15 is 0 Å². The predicted octanol–water partition coefficient (Wildman–Crippen LogP) is 7.25. The van der Waals surface area contributed by atoms with E-state index in [9.17, 15) is 0 Å². The van der Waals surface area contributed by atoms with Crippen LogP contribution in [0.4, 0.5) is 0 Å². The van der Waals surface area contributed by atoms with Crippen molar-refractivity contribution in [2.75, 3.05) is 26.2 Å². The number of hydrogen-bond donors (Lipinski definition) is 0. The van der Waals surface area contributed by atoms with Gasteiger partial charge in [0.1, 0.15) is 6.10 Å². The number of allylic oxidation sites excluding steroid dienone is 2. The minimum atomic E-state index is 0.155. The van der Waals surface area contributed by atoms with E-state index in [2.05, 4.69) is 63.2 Å². The molecular weight excluding hydrogens is 410 g/mol. The van der Waals surface area contributed by atoms with Gasteiger partial charge in [0.05, 0.1) is 0 Å². The van der Waals surface area contributed by atoms with Crippen molar-refractivity contribution in [1.29, 1.82) is 0 Å². The van der Waals surface area contributed by atoms with Crippen LogP contribution in [-0.2, 0) is 9.57 Å². The smallest absolute Gasteiger partial charge is 0.229 e. The predicted molar refractivity (Wildman–Crippen MR) is 143 cm³/mol. The van der Waals surface area contributed by atoms with Crippen LogP contribution < -0.4 is 0 Å². The summed E-state index contributed by atoms with van der Waals surface area (Å²) in [5, 5.41) is 4.25. The van der Waals surface area contributed by atoms with Gasteiger partial charge in [-0.1, -0.05) is 71.7 Å². The van der Waals surface area contributed by atoms with E-state index < -0.39 is 0 Å². The van der Waals surface area contributed by atoms with E-state index in [-0.39, 0.29) is 6.10 Å². The van der Waals surface area contributed by atoms with E-state index in [0.29, 0.717) is 24.4 Å². The largest absolute Gasteiger partial charge is 0.470 e. The first kappa shape index (κ1) is 29.4. The molecule has 5 nitrogen and oxygen atoms in total. The molecule has 1 saturated heterocycles. The molecule has 1 fully saturated rings. The molecule has 0 amide bonds. The summed E-state index contributed by atoms with van der Waals surface area (Å²) in [6.45, 7) is 20.8. The molecule has 2 rings (SSSR count). The third-order valence-electron chi connectivity index (χ3n) is 6.81. The Morgan fingerprint density at radius 2 is 1.91 bits per heavy atom. The van der Waals surface area contributed by atoms with Crippen molar-refractivity contribution >= 4 is 11.6 Å². The molecule has 2 aliphatic heterocycles. The molecule has 0 aromatic rings. The molecule has 0 N–H and O–H groups in total. The first-order valence-electron chi connectivity index (χ1n) is 13.4. The summed E-state index contributed by atoms with van der Waals surface area (Å²) in [4.78, 5) is 12.3. The molecule has 2 heterocycles. The fraction of sp³-hybridized carbons (Fsp3) is 0.786. The van der Waals surface area contributed by atoms with E-state index in [1.54, 1.807) is 12.3 Å². The summed E-state index contributed by atoms with van der Waals surface area (Å²) < 4.78 is 6.23. The molecule has 190 valence electrons. The van der Waals surface area contributed by atoms with Gasteiger partial charge in [0.15, 0.2) is 6.61 Å². The van der Waals surface area contributed by atoms with Crippen molar-refractivity contribution in [1.82, 2.24) is 4.90 Å². The molecule has 0 aromatic heterocycles. The van der Waals surface area contributed by atoms with Crippen LogP contribution in [0, 0.1) is 17.8 Å². The van der Waals surface area contributed by atoms with Crippen LogP contribution in [0.25, 0.3) is 0 Å². The number of piperidine rings is 1. The Morgan fingerprint density at radius 3 is 2.52 bits per heavy atom. The summed E-state index contributed by atoms with van der Waals surface area (Å²) >= 11 is 0. The quantitative estimate of drug-likeness (QED) is 0.227. The topological polar surface area (TPSA) is 46.4 Å². The fourth-order valence-electron chi connectivity index (χ4n) is 4.09. The first-order chi connectivity index (χ1) is 15.9. The summed E-state index contributed by atoms with van der Waals surface area (Å²) in [6.07, 6.45) is 15.4. The maximum Gasteiger partial charge on any atom is 0.229 e. The van der Waals surface area contributed by atoms with Crippen molar-refractivity contribution in [3.8, 4) is 0 Å². The molecule has 5 heteroatoms. The van der Waals surface area contributed by atoms with Gasteiger partial charge in [-0.25, -0.2) is 0 Å². The molecule has 0 radical (unpaired) electrons. The highest BCUT2D eigenvalue weighted by molar-refractivity contribution is 5.84. The highest BCUT2D eigenvalue weighted by Crippen LogP contribution is 2.24. The van der Waals surface area contributed by atoms with Crippen LogP contribution in [-0.4, -0.2) is 48.9 Å². The maximum atomic E-state index is 6.23. The van der Waals surface area contributed by atoms with Crippen LogP contribution in [0.5, 0.6) is 0 Å². The normalized spacial score (nSPS) is 22.3. The molecule has 0 aromatic carbocycles. The van der Waals surface area contributed by atoms with Crippen LogP contribution in [0.3, 0.4) is 0 Å². The maximum absolute atomic E-state index is 6.23. The van der Waals surface area contributed by atoms with E-state index in [1.165, 1.54) is 50.9 Å². The van der Waals surface area contributed by atoms with Crippen molar-refractivity contribution < 1.29 is 9.57 Å². The molecule has 0 saturated carbocycles. The Kier molecular flexibility index (Phi) is 15.9. The monoisotopic (exact) mass is 461 g/mol. The van der Waals surface area contributed by atoms with Gasteiger partial charge in [0, 0.05) is 24.4 Å². The van der Waals surface area contributed by atoms with Crippen molar-refractivity contribution in [3.63, 3.8) is 0 Å². The summed E-state index contributed by atoms with van der Waals surface area (Å²) in [6, 6.07) is 0. The molecule has 0 bridgehead atoms. The lowest BCUT2D eigenvalue weighted by Gasteiger charge is -2.33. The lowest BCUT2D eigenvalue weighted by atomic mass is 9.90. The Labute approximate surface area is 204 Å². The Hall–Kier alpha value is -1.62. The number of oxime groups is 1. The second-order valence-corrected chi connectivity index (χ2v) is 9.72. The minimum Gasteiger partial charge on any atom is -0.470 e. The Morgan fingerprint density at radius 1 is 1.18 bits per heavy atom. The highest BCUT2D eigenvalue weighted by atomic mass is 16.7. The zero-order valence-corrected chi connectivity index (χ0v) is 22.4. The summed E-state index contributed by atoms with van der Waals surface area (Å²) in [7, 11) is 0. The van der Waals surface area contributed by atoms with Crippen molar-refractivity contribution in [2.24, 2.45) is 27.9 Å². The number of hydrogen-bond acceptors (Lipinski definition) is 5. The first-order valence-corrected chi connectivity index (χ1v) is 13.4. The van der Waals surface area contributed by atoms with Gasteiger partial charge in [-0.2, -0.15) is 0 Å². The zero-order chi connectivity index (χ0) is 24.5. The second-order valence-electron chi connectivity index (χ2n) is 9.72. The van der Waals surface area contributed by atoms with Crippen LogP contribution in [0.1, 0.15) is 92.9 Å². The molecule has 2 aliphatic rings. The number of ether oxygens (including phenoxy) is 1. The van der Waals surface area contributed by atoms with Gasteiger partial charge < -0.3 is 9.57 Å². The Bertz CT molecular complexity index is 608. The van der Waals surface area contributed by atoms with Gasteiger partial charge in [0.2, 0.25) is 5.90 Å². The molecular formula is C28H51N3O2. The number of aliphatic imine (C=N–C) groups is 1. The van der Waals surface area contributed by atoms with Gasteiger partial charge in [0.25, 0.3) is 0 Å². The zero-order valence-electron chi connectivity index (χ0n) is 22.4. The molecule has 0 spiro atoms. The molecule has 4 atom stereocenters. The van der Waals surface area contributed by atoms with E-state index in [1.807, 2.05) is 6.08 Å². The van der Waals surface area contributed by atoms with E-state index in [4.69, 9.17) is 9.57 Å². The fourth-order valence-corrected chi connectivity index (χ4v) is 4.09. The van der Waals surface area contributed by atoms with Gasteiger partial charge in [-0.05, 0) is 70.0 Å². The summed E-state index contributed by atoms with van der Waals surface area (Å²) in [5.41, 5.74) is 1.19. The lowest BCUT2D eigenvalue weighted by Crippen LogP contribution is -2.43. The standard InChI is InChI=1S/C18H34N2O2.C10H17N/c1-4-9-16(12-15(3)5-2)18-19-21-14-17(22-18)13-20-10-7-6-8-11-20;1-5-7-8-11-10(4)9(3)6-2/h15-17H,4-14H2,1-3H3;5,7-9H,1,6H2,2-4H3/b;8-7-,11-10?. The van der Waals surface area contributed by atoms with Gasteiger partial charge in [-0.3, -0.25) is 9.89 Å². The second kappa shape index (κ2) is 17.8. The average molecular weight is 462 g/mol. The third kappa shape index (κ3) is 12.4. The number of likely N-dealkylation sites (tertiary alicyclic amines) is 1. The molecule has 33 heavy (non-hydrogen) atoms. The lowest BCUT2D eigenvalue weighted by molar-refractivity contribution is -0.0163.